The van der Waals surface area contributed by atoms with Crippen molar-refractivity contribution in [1.29, 1.82) is 0 Å². The van der Waals surface area contributed by atoms with Crippen LogP contribution in [-0.2, 0) is 13.9 Å². The summed E-state index contributed by atoms with van der Waals surface area (Å²) in [7, 11) is -8.88. The second-order valence-electron chi connectivity index (χ2n) is 9.42. The lowest BCUT2D eigenvalue weighted by Crippen LogP contribution is -2.64. The van der Waals surface area contributed by atoms with E-state index in [0.717, 1.165) is 19.6 Å². The van der Waals surface area contributed by atoms with Gasteiger partial charge in [-0.2, -0.15) is 9.97 Å². The number of anilines is 1. The summed E-state index contributed by atoms with van der Waals surface area (Å²) in [4.78, 5) is 43.1. The van der Waals surface area contributed by atoms with Gasteiger partial charge in [-0.1, -0.05) is 0 Å². The third kappa shape index (κ3) is 5.47. The van der Waals surface area contributed by atoms with E-state index in [4.69, 9.17) is 26.1 Å². The van der Waals surface area contributed by atoms with Gasteiger partial charge in [-0.3, -0.25) is 23.9 Å². The number of hydrogen-bond donors (Lipinski definition) is 7. The predicted octanol–water partition coefficient (Wildman–Crippen LogP) is -0.690. The molecule has 2 aromatic rings. The third-order valence-electron chi connectivity index (χ3n) is 6.77. The van der Waals surface area contributed by atoms with Crippen molar-refractivity contribution in [3.05, 3.63) is 11.6 Å². The van der Waals surface area contributed by atoms with Crippen LogP contribution in [0, 0.1) is 0 Å². The average Bonchev–Trinajstić information content (AvgIpc) is 3.28. The summed E-state index contributed by atoms with van der Waals surface area (Å²) in [5.74, 6) is -0.774. The molecule has 0 saturated carbocycles. The van der Waals surface area contributed by atoms with Gasteiger partial charge in [-0.05, 0) is 24.4 Å². The van der Waals surface area contributed by atoms with Gasteiger partial charge in [0.25, 0.3) is 0 Å². The quantitative estimate of drug-likeness (QED) is 0.155. The predicted molar refractivity (Wildman–Crippen MR) is 128 cm³/mol. The molecule has 3 aliphatic rings. The van der Waals surface area contributed by atoms with Crippen molar-refractivity contribution in [3.63, 3.8) is 0 Å². The first-order valence-corrected chi connectivity index (χ1v) is 15.6. The number of piperazine rings is 1. The smallest absolute Gasteiger partial charge is 0.335 e. The zero-order valence-electron chi connectivity index (χ0n) is 19.0. The van der Waals surface area contributed by atoms with E-state index in [1.54, 1.807) is 0 Å². The number of ether oxygens (including phenoxy) is 1. The van der Waals surface area contributed by atoms with Gasteiger partial charge in [0.15, 0.2) is 23.2 Å². The van der Waals surface area contributed by atoms with Crippen molar-refractivity contribution in [2.45, 2.75) is 49.6 Å². The molecule has 3 saturated heterocycles. The van der Waals surface area contributed by atoms with Gasteiger partial charge >= 0.3 is 7.60 Å². The summed E-state index contributed by atoms with van der Waals surface area (Å²) in [5.41, 5.74) is 0.628. The molecule has 7 atom stereocenters. The minimum Gasteiger partial charge on any atom is -0.388 e. The fraction of sp³-hybridized carbons (Fsp3) is 0.722. The Balaban J connectivity index is 1.32. The maximum absolute atomic E-state index is 12.1. The SMILES string of the molecule is O=P(O)(O)CP(=O)(O)CCC1OC(n2cnc3c(NC4CN5CCC5CN4)nc(Cl)nc32)C(O)C1O. The van der Waals surface area contributed by atoms with Crippen LogP contribution in [0.5, 0.6) is 0 Å². The highest BCUT2D eigenvalue weighted by molar-refractivity contribution is 7.72. The molecule has 0 bridgehead atoms. The molecule has 5 heterocycles. The molecule has 18 heteroatoms. The molecule has 3 fully saturated rings. The summed E-state index contributed by atoms with van der Waals surface area (Å²) < 4.78 is 30.4. The van der Waals surface area contributed by atoms with E-state index in [1.807, 2.05) is 0 Å². The van der Waals surface area contributed by atoms with Crippen molar-refractivity contribution in [1.82, 2.24) is 29.7 Å². The highest BCUT2D eigenvalue weighted by Crippen LogP contribution is 2.55. The number of rotatable bonds is 8. The number of hydrogen-bond acceptors (Lipinski definition) is 11. The lowest BCUT2D eigenvalue weighted by atomic mass is 10.0. The monoisotopic (exact) mass is 567 g/mol. The topological polar surface area (TPSA) is 215 Å². The van der Waals surface area contributed by atoms with E-state index in [1.165, 1.54) is 17.3 Å². The van der Waals surface area contributed by atoms with Gasteiger partial charge in [0, 0.05) is 31.8 Å². The second-order valence-corrected chi connectivity index (χ2v) is 14.4. The Labute approximate surface area is 210 Å². The maximum atomic E-state index is 12.1. The number of aromatic nitrogens is 4. The number of aliphatic hydroxyl groups is 2. The fourth-order valence-electron chi connectivity index (χ4n) is 4.87. The number of nitrogens with one attached hydrogen (secondary N) is 2. The van der Waals surface area contributed by atoms with Crippen LogP contribution in [0.15, 0.2) is 6.33 Å². The van der Waals surface area contributed by atoms with Crippen molar-refractivity contribution in [3.8, 4) is 0 Å². The molecule has 36 heavy (non-hydrogen) atoms. The van der Waals surface area contributed by atoms with Gasteiger partial charge in [0.2, 0.25) is 12.7 Å². The lowest BCUT2D eigenvalue weighted by molar-refractivity contribution is -0.0354. The minimum atomic E-state index is -4.70. The van der Waals surface area contributed by atoms with Crippen LogP contribution in [-0.4, -0.2) is 112 Å². The normalized spacial score (nSPS) is 32.7. The van der Waals surface area contributed by atoms with Crippen LogP contribution < -0.4 is 10.6 Å². The molecule has 0 spiro atoms. The maximum Gasteiger partial charge on any atom is 0.335 e. The van der Waals surface area contributed by atoms with Gasteiger partial charge in [-0.25, -0.2) is 4.98 Å². The van der Waals surface area contributed by atoms with Gasteiger partial charge in [0.1, 0.15) is 18.1 Å². The Hall–Kier alpha value is -1.22. The molecule has 0 amide bonds. The van der Waals surface area contributed by atoms with E-state index >= 15 is 0 Å². The lowest BCUT2D eigenvalue weighted by Gasteiger charge is -2.47. The molecule has 7 N–H and O–H groups in total. The van der Waals surface area contributed by atoms with E-state index in [9.17, 15) is 24.2 Å². The Morgan fingerprint density at radius 3 is 2.67 bits per heavy atom. The third-order valence-corrected chi connectivity index (χ3v) is 11.1. The Kier molecular flexibility index (Phi) is 7.20. The molecular formula is C18H28ClN7O8P2. The first-order valence-electron chi connectivity index (χ1n) is 11.4. The Morgan fingerprint density at radius 1 is 1.22 bits per heavy atom. The van der Waals surface area contributed by atoms with Crippen LogP contribution in [0.4, 0.5) is 5.82 Å². The largest absolute Gasteiger partial charge is 0.388 e. The van der Waals surface area contributed by atoms with E-state index in [2.05, 4.69) is 30.5 Å². The summed E-state index contributed by atoms with van der Waals surface area (Å²) in [6.45, 7) is 2.68. The summed E-state index contributed by atoms with van der Waals surface area (Å²) in [6, 6.07) is 0.549. The number of aliphatic hydroxyl groups excluding tert-OH is 2. The van der Waals surface area contributed by atoms with Gasteiger partial charge in [0.05, 0.1) is 18.6 Å². The second kappa shape index (κ2) is 9.83. The van der Waals surface area contributed by atoms with Crippen LogP contribution in [0.1, 0.15) is 19.1 Å². The Morgan fingerprint density at radius 2 is 2.00 bits per heavy atom. The zero-order valence-corrected chi connectivity index (χ0v) is 21.5. The molecule has 200 valence electrons. The van der Waals surface area contributed by atoms with Crippen molar-refractivity contribution >= 4 is 43.5 Å². The standard InChI is InChI=1S/C18H28ClN7O8P2/c19-18-23-15(22-11-6-25-3-1-9(25)5-20-11)12-16(24-18)26(7-21-12)17-14(28)13(27)10(34-17)2-4-35(29,30)8-36(31,32)33/h7,9-11,13-14,17,20,27-28H,1-6,8H2,(H,29,30)(H,22,23,24)(H2,31,32,33). The first-order chi connectivity index (χ1) is 16.9. The molecule has 5 rings (SSSR count). The van der Waals surface area contributed by atoms with E-state index in [-0.39, 0.29) is 23.5 Å². The van der Waals surface area contributed by atoms with E-state index < -0.39 is 51.6 Å². The minimum absolute atomic E-state index is 0.0624. The van der Waals surface area contributed by atoms with Crippen molar-refractivity contribution in [2.75, 3.05) is 37.0 Å². The van der Waals surface area contributed by atoms with Gasteiger partial charge < -0.3 is 34.9 Å². The summed E-state index contributed by atoms with van der Waals surface area (Å²) in [6.07, 6.45) is -3.30. The number of nitrogens with zero attached hydrogens (tertiary/aromatic N) is 5. The molecule has 2 aromatic heterocycles. The highest BCUT2D eigenvalue weighted by atomic mass is 35.5. The van der Waals surface area contributed by atoms with Crippen LogP contribution in [0.25, 0.3) is 11.2 Å². The fourth-order valence-corrected chi connectivity index (χ4v) is 8.56. The van der Waals surface area contributed by atoms with E-state index in [0.29, 0.717) is 17.4 Å². The number of imidazole rings is 1. The number of halogens is 1. The molecule has 0 aromatic carbocycles. The summed E-state index contributed by atoms with van der Waals surface area (Å²) >= 11 is 6.18. The van der Waals surface area contributed by atoms with Crippen LogP contribution in [0.3, 0.4) is 0 Å². The molecule has 0 radical (unpaired) electrons. The molecule has 7 unspecified atom stereocenters. The first kappa shape index (κ1) is 26.4. The zero-order chi connectivity index (χ0) is 25.8. The molecule has 15 nitrogen and oxygen atoms in total. The molecular weight excluding hydrogens is 540 g/mol. The van der Waals surface area contributed by atoms with Crippen LogP contribution in [0.2, 0.25) is 5.28 Å². The van der Waals surface area contributed by atoms with Crippen molar-refractivity contribution < 1.29 is 38.8 Å². The van der Waals surface area contributed by atoms with Gasteiger partial charge in [-0.15, -0.1) is 0 Å². The molecule has 3 aliphatic heterocycles. The average molecular weight is 568 g/mol. The number of fused-ring (bicyclic) bond motifs is 2. The summed E-state index contributed by atoms with van der Waals surface area (Å²) in [5, 5.41) is 27.8. The Bertz CT molecular complexity index is 1230. The highest BCUT2D eigenvalue weighted by Gasteiger charge is 2.45. The van der Waals surface area contributed by atoms with Crippen molar-refractivity contribution in [2.24, 2.45) is 0 Å². The molecule has 0 aliphatic carbocycles. The van der Waals surface area contributed by atoms with Crippen LogP contribution >= 0.6 is 26.6 Å².